The molecular weight excluding hydrogens is 738 g/mol. The van der Waals surface area contributed by atoms with Crippen molar-refractivity contribution in [3.8, 4) is 0 Å². The molecule has 0 saturated carbocycles. The van der Waals surface area contributed by atoms with Gasteiger partial charge in [-0.05, 0) is 32.2 Å². The van der Waals surface area contributed by atoms with Crippen LogP contribution >= 0.6 is 0 Å². The van der Waals surface area contributed by atoms with Crippen LogP contribution < -0.4 is 51.6 Å². The molecule has 0 aromatic carbocycles. The summed E-state index contributed by atoms with van der Waals surface area (Å²) in [4.78, 5) is 101. The summed E-state index contributed by atoms with van der Waals surface area (Å²) in [5, 5.41) is 57.2. The summed E-state index contributed by atoms with van der Waals surface area (Å²) in [6, 6.07) is -6.55. The van der Waals surface area contributed by atoms with Crippen LogP contribution in [0.1, 0.15) is 57.8 Å². The molecule has 6 atom stereocenters. The first kappa shape index (κ1) is 57.8. The predicted molar refractivity (Wildman–Crippen MR) is 181 cm³/mol. The van der Waals surface area contributed by atoms with Crippen molar-refractivity contribution in [2.45, 2.75) is 94.0 Å². The van der Waals surface area contributed by atoms with E-state index in [0.29, 0.717) is 13.0 Å². The van der Waals surface area contributed by atoms with Crippen molar-refractivity contribution in [2.75, 3.05) is 13.2 Å². The maximum absolute atomic E-state index is 11.0. The fourth-order valence-electron chi connectivity index (χ4n) is 2.38. The van der Waals surface area contributed by atoms with Gasteiger partial charge in [0.25, 0.3) is 0 Å². The first-order chi connectivity index (χ1) is 24.6. The van der Waals surface area contributed by atoms with E-state index in [1.807, 2.05) is 0 Å². The van der Waals surface area contributed by atoms with Gasteiger partial charge in [0, 0.05) is 12.8 Å². The molecule has 0 aromatic rings. The summed E-state index contributed by atoms with van der Waals surface area (Å²) in [5.41, 5.74) is 45.1. The molecule has 0 bridgehead atoms. The van der Waals surface area contributed by atoms with Gasteiger partial charge in [0.1, 0.15) is 42.9 Å². The van der Waals surface area contributed by atoms with Crippen LogP contribution in [0.3, 0.4) is 0 Å². The summed E-state index contributed by atoms with van der Waals surface area (Å²) in [7, 11) is 0. The van der Waals surface area contributed by atoms with Gasteiger partial charge in [-0.25, -0.2) is 0 Å². The molecule has 0 fully saturated rings. The number of nitrogens with two attached hydrogens (primary N) is 9. The number of esters is 1. The second kappa shape index (κ2) is 34.5. The Kier molecular flexibility index (Phi) is 36.9. The number of carboxylic acids is 7. The molecule has 0 aliphatic heterocycles. The minimum Gasteiger partial charge on any atom is -0.481 e. The number of primary amides is 2. The van der Waals surface area contributed by atoms with E-state index in [-0.39, 0.29) is 32.1 Å². The highest BCUT2D eigenvalue weighted by Crippen LogP contribution is 1.97. The molecule has 27 heteroatoms. The minimum atomic E-state index is -1.31. The molecule has 0 aliphatic carbocycles. The van der Waals surface area contributed by atoms with E-state index < -0.39 is 109 Å². The Labute approximate surface area is 307 Å². The highest BCUT2D eigenvalue weighted by molar-refractivity contribution is 5.84. The van der Waals surface area contributed by atoms with E-state index in [9.17, 15) is 47.9 Å². The number of hydrogen-bond donors (Lipinski definition) is 16. The third kappa shape index (κ3) is 44.4. The van der Waals surface area contributed by atoms with Crippen LogP contribution in [0.5, 0.6) is 0 Å². The third-order valence-corrected chi connectivity index (χ3v) is 5.45. The van der Waals surface area contributed by atoms with Gasteiger partial charge in [0.2, 0.25) is 11.8 Å². The number of rotatable bonds is 22. The molecule has 0 heterocycles. The lowest BCUT2D eigenvalue weighted by Crippen LogP contribution is -2.41. The SMILES string of the molecule is NC(=O)CC(N)C(=O)OCC(N)C(=O)O.NC(=O)CCC(N)C(=O)O.NC(CC(=O)O)C(=O)O.NC(CCC(=O)O)C(=O)O.NCCCCC(N)C(=O)O. The average Bonchev–Trinajstić information content (AvgIpc) is 3.04. The molecule has 27 nitrogen and oxygen atoms in total. The number of unbranched alkanes of at least 4 members (excludes halogenated alkanes) is 1. The number of aliphatic carboxylic acids is 7. The fraction of sp³-hybridized carbons (Fsp3) is 0.630. The second-order valence-corrected chi connectivity index (χ2v) is 10.5. The number of hydrogen-bond acceptors (Lipinski definition) is 18. The van der Waals surface area contributed by atoms with Crippen molar-refractivity contribution in [1.82, 2.24) is 0 Å². The summed E-state index contributed by atoms with van der Waals surface area (Å²) in [5.74, 6) is -10.2. The quantitative estimate of drug-likeness (QED) is 0.0358. The van der Waals surface area contributed by atoms with Crippen LogP contribution in [0.4, 0.5) is 0 Å². The molecule has 25 N–H and O–H groups in total. The average molecular weight is 792 g/mol. The van der Waals surface area contributed by atoms with Crippen LogP contribution in [0, 0.1) is 0 Å². The Morgan fingerprint density at radius 3 is 1.13 bits per heavy atom. The normalized spacial score (nSPS) is 13.0. The van der Waals surface area contributed by atoms with E-state index >= 15 is 0 Å². The molecular formula is C27H53N9O18. The van der Waals surface area contributed by atoms with Crippen molar-refractivity contribution in [3.05, 3.63) is 0 Å². The number of carbonyl (C=O) groups excluding carboxylic acids is 3. The summed E-state index contributed by atoms with van der Waals surface area (Å²) in [6.45, 7) is 0.104. The number of ether oxygens (including phenoxy) is 1. The topological polar surface area (TPSA) is 556 Å². The monoisotopic (exact) mass is 791 g/mol. The highest BCUT2D eigenvalue weighted by atomic mass is 16.5. The molecule has 0 aromatic heterocycles. The number of carboxylic acid groups (broad SMARTS) is 7. The van der Waals surface area contributed by atoms with Crippen molar-refractivity contribution >= 4 is 59.6 Å². The Balaban J connectivity index is -0.000000188. The second-order valence-electron chi connectivity index (χ2n) is 10.5. The Morgan fingerprint density at radius 1 is 0.444 bits per heavy atom. The van der Waals surface area contributed by atoms with E-state index in [2.05, 4.69) is 4.74 Å². The van der Waals surface area contributed by atoms with Crippen LogP contribution in [-0.2, 0) is 52.7 Å². The van der Waals surface area contributed by atoms with Gasteiger partial charge >= 0.3 is 47.8 Å². The summed E-state index contributed by atoms with van der Waals surface area (Å²) in [6.07, 6.45) is 1.17. The first-order valence-corrected chi connectivity index (χ1v) is 15.2. The lowest BCUT2D eigenvalue weighted by molar-refractivity contribution is -0.150. The molecule has 0 saturated heterocycles. The van der Waals surface area contributed by atoms with Gasteiger partial charge in [-0.3, -0.25) is 47.9 Å². The number of amides is 2. The Bertz CT molecular complexity index is 1170. The smallest absolute Gasteiger partial charge is 0.324 e. The molecule has 0 rings (SSSR count). The third-order valence-electron chi connectivity index (χ3n) is 5.45. The van der Waals surface area contributed by atoms with Crippen LogP contribution in [0.15, 0.2) is 0 Å². The van der Waals surface area contributed by atoms with Gasteiger partial charge in [0.15, 0.2) is 0 Å². The molecule has 54 heavy (non-hydrogen) atoms. The first-order valence-electron chi connectivity index (χ1n) is 15.2. The summed E-state index contributed by atoms with van der Waals surface area (Å²) >= 11 is 0. The Morgan fingerprint density at radius 2 is 0.833 bits per heavy atom. The van der Waals surface area contributed by atoms with E-state index in [1.54, 1.807) is 0 Å². The van der Waals surface area contributed by atoms with Crippen molar-refractivity contribution in [3.63, 3.8) is 0 Å². The molecule has 2 amide bonds. The van der Waals surface area contributed by atoms with E-state index in [1.165, 1.54) is 0 Å². The molecule has 6 unspecified atom stereocenters. The maximum atomic E-state index is 11.0. The van der Waals surface area contributed by atoms with E-state index in [0.717, 1.165) is 12.8 Å². The molecule has 0 aliphatic rings. The van der Waals surface area contributed by atoms with Crippen molar-refractivity contribution in [2.24, 2.45) is 51.6 Å². The van der Waals surface area contributed by atoms with Crippen LogP contribution in [0.2, 0.25) is 0 Å². The highest BCUT2D eigenvalue weighted by Gasteiger charge is 2.20. The fourth-order valence-corrected chi connectivity index (χ4v) is 2.38. The zero-order chi connectivity index (χ0) is 43.7. The van der Waals surface area contributed by atoms with Gasteiger partial charge < -0.3 is 92.1 Å². The largest absolute Gasteiger partial charge is 0.481 e. The lowest BCUT2D eigenvalue weighted by Gasteiger charge is -2.11. The molecule has 0 radical (unpaired) electrons. The van der Waals surface area contributed by atoms with Crippen molar-refractivity contribution < 1.29 is 88.4 Å². The predicted octanol–water partition coefficient (Wildman–Crippen LogP) is -6.53. The molecule has 314 valence electrons. The Hall–Kier alpha value is -5.58. The van der Waals surface area contributed by atoms with Crippen LogP contribution in [-0.4, -0.2) is 145 Å². The lowest BCUT2D eigenvalue weighted by atomic mass is 10.1. The summed E-state index contributed by atoms with van der Waals surface area (Å²) < 4.78 is 4.45. The maximum Gasteiger partial charge on any atom is 0.324 e. The van der Waals surface area contributed by atoms with Crippen LogP contribution in [0.25, 0.3) is 0 Å². The van der Waals surface area contributed by atoms with Crippen molar-refractivity contribution in [1.29, 1.82) is 0 Å². The van der Waals surface area contributed by atoms with Gasteiger partial charge in [-0.2, -0.15) is 0 Å². The number of carbonyl (C=O) groups is 10. The minimum absolute atomic E-state index is 0.0213. The zero-order valence-corrected chi connectivity index (χ0v) is 29.1. The zero-order valence-electron chi connectivity index (χ0n) is 29.1. The van der Waals surface area contributed by atoms with Gasteiger partial charge in [0.05, 0.1) is 12.8 Å². The standard InChI is InChI=1S/C7H13N3O5.C6H14N2O2.C5H10N2O3.C5H9NO4.C4H7NO4/c8-3(1-5(10)11)7(14)15-2-4(9)6(12)13;7-4-2-1-3-5(8)6(9)10;2*6-3(5(9)10)1-2-4(7)8;5-2(4(8)9)1-3(6)7/h3-4H,1-2,8-9H2,(H2,10,11)(H,12,13);5H,1-4,7-8H2,(H,9,10);3H,1-2,6H2,(H2,7,8)(H,9,10);3H,1-2,6H2,(H,7,8)(H,9,10);2H,1,5H2,(H,6,7)(H,8,9). The van der Waals surface area contributed by atoms with E-state index in [4.69, 9.17) is 87.3 Å². The van der Waals surface area contributed by atoms with Gasteiger partial charge in [-0.15, -0.1) is 0 Å². The molecule has 0 spiro atoms. The van der Waals surface area contributed by atoms with Gasteiger partial charge in [-0.1, -0.05) is 6.42 Å².